The van der Waals surface area contributed by atoms with Crippen molar-refractivity contribution < 1.29 is 13.2 Å². The molecule has 2 aromatic heterocycles. The summed E-state index contributed by atoms with van der Waals surface area (Å²) in [6.45, 7) is 2.47. The molecule has 1 saturated heterocycles. The standard InChI is InChI=1S/C21H22FN7O.C6H4F2/c22-17-11-3-5-26-21(30)12(11)1-2-13(17)18(24)19-20(25)28-16(8-27-19)29-6-4-10-14(7-23)15(10)9-29;7-5-2-1-3-6(8)4-5/h1-3,5,8,10,14-15,24H,4,6-7,9,23H2,(H2,25,28)(H,26,30);1-4H. The van der Waals surface area contributed by atoms with Crippen molar-refractivity contribution in [1.29, 1.82) is 5.41 Å². The Hall–Kier alpha value is -4.25. The molecule has 3 unspecified atom stereocenters. The molecule has 0 spiro atoms. The number of anilines is 2. The fraction of sp³-hybridized carbons (Fsp3) is 0.259. The summed E-state index contributed by atoms with van der Waals surface area (Å²) in [6, 6.07) is 8.91. The first-order chi connectivity index (χ1) is 18.3. The molecule has 0 bridgehead atoms. The van der Waals surface area contributed by atoms with Gasteiger partial charge in [0.2, 0.25) is 0 Å². The second-order valence-corrected chi connectivity index (χ2v) is 9.43. The van der Waals surface area contributed by atoms with Crippen LogP contribution in [0.3, 0.4) is 0 Å². The van der Waals surface area contributed by atoms with Crippen molar-refractivity contribution >= 4 is 28.1 Å². The van der Waals surface area contributed by atoms with E-state index in [0.29, 0.717) is 23.6 Å². The zero-order chi connectivity index (χ0) is 27.0. The maximum absolute atomic E-state index is 15.0. The Kier molecular flexibility index (Phi) is 6.85. The molecule has 196 valence electrons. The molecule has 4 aromatic rings. The van der Waals surface area contributed by atoms with Crippen LogP contribution in [-0.2, 0) is 0 Å². The second kappa shape index (κ2) is 10.3. The molecular weight excluding hydrogens is 495 g/mol. The van der Waals surface area contributed by atoms with Crippen LogP contribution in [0, 0.1) is 40.6 Å². The van der Waals surface area contributed by atoms with Crippen molar-refractivity contribution in [3.05, 3.63) is 93.9 Å². The Morgan fingerprint density at radius 1 is 1.11 bits per heavy atom. The van der Waals surface area contributed by atoms with Crippen LogP contribution in [0.15, 0.2) is 59.7 Å². The zero-order valence-corrected chi connectivity index (χ0v) is 20.3. The van der Waals surface area contributed by atoms with Gasteiger partial charge < -0.3 is 21.4 Å². The van der Waals surface area contributed by atoms with Crippen molar-refractivity contribution in [2.75, 3.05) is 30.3 Å². The highest BCUT2D eigenvalue weighted by molar-refractivity contribution is 6.13. The average Bonchev–Trinajstić information content (AvgIpc) is 3.61. The van der Waals surface area contributed by atoms with E-state index in [0.717, 1.165) is 32.1 Å². The number of benzene rings is 2. The predicted molar refractivity (Wildman–Crippen MR) is 140 cm³/mol. The zero-order valence-electron chi connectivity index (χ0n) is 20.3. The minimum Gasteiger partial charge on any atom is -0.382 e. The molecule has 0 radical (unpaired) electrons. The third-order valence-electron chi connectivity index (χ3n) is 7.24. The van der Waals surface area contributed by atoms with Crippen LogP contribution in [0.1, 0.15) is 17.7 Å². The predicted octanol–water partition coefficient (Wildman–Crippen LogP) is 3.45. The first kappa shape index (κ1) is 25.4. The summed E-state index contributed by atoms with van der Waals surface area (Å²) < 4.78 is 38.9. The maximum Gasteiger partial charge on any atom is 0.255 e. The van der Waals surface area contributed by atoms with E-state index in [1.807, 2.05) is 0 Å². The van der Waals surface area contributed by atoms with Crippen molar-refractivity contribution in [3.63, 3.8) is 0 Å². The van der Waals surface area contributed by atoms with Gasteiger partial charge in [-0.05, 0) is 61.1 Å². The first-order valence-electron chi connectivity index (χ1n) is 12.2. The lowest BCUT2D eigenvalue weighted by Gasteiger charge is -2.27. The Balaban J connectivity index is 0.000000316. The summed E-state index contributed by atoms with van der Waals surface area (Å²) in [4.78, 5) is 25.3. The summed E-state index contributed by atoms with van der Waals surface area (Å²) in [5, 5.41) is 8.82. The van der Waals surface area contributed by atoms with Crippen LogP contribution in [0.4, 0.5) is 24.8 Å². The number of aromatic amines is 1. The third-order valence-corrected chi connectivity index (χ3v) is 7.24. The number of fused-ring (bicyclic) bond motifs is 2. The van der Waals surface area contributed by atoms with Gasteiger partial charge >= 0.3 is 0 Å². The van der Waals surface area contributed by atoms with E-state index in [2.05, 4.69) is 19.9 Å². The van der Waals surface area contributed by atoms with Gasteiger partial charge in [-0.1, -0.05) is 6.07 Å². The largest absolute Gasteiger partial charge is 0.382 e. The quantitative estimate of drug-likeness (QED) is 0.304. The van der Waals surface area contributed by atoms with E-state index >= 15 is 4.39 Å². The van der Waals surface area contributed by atoms with Gasteiger partial charge in [-0.25, -0.2) is 23.1 Å². The van der Waals surface area contributed by atoms with E-state index in [4.69, 9.17) is 16.9 Å². The lowest BCUT2D eigenvalue weighted by molar-refractivity contribution is 0.546. The van der Waals surface area contributed by atoms with Gasteiger partial charge in [0.1, 0.15) is 29.0 Å². The molecule has 6 N–H and O–H groups in total. The number of nitrogens with one attached hydrogen (secondary N) is 2. The minimum atomic E-state index is -0.655. The lowest BCUT2D eigenvalue weighted by atomic mass is 10.0. The van der Waals surface area contributed by atoms with Crippen molar-refractivity contribution in [1.82, 2.24) is 15.0 Å². The average molecular weight is 522 g/mol. The molecule has 1 aliphatic heterocycles. The number of nitrogens with zero attached hydrogens (tertiary/aromatic N) is 3. The fourth-order valence-corrected chi connectivity index (χ4v) is 5.18. The van der Waals surface area contributed by atoms with Crippen LogP contribution in [0.5, 0.6) is 0 Å². The monoisotopic (exact) mass is 521 g/mol. The Bertz CT molecular complexity index is 1550. The van der Waals surface area contributed by atoms with Crippen LogP contribution < -0.4 is 21.9 Å². The molecule has 1 saturated carbocycles. The maximum atomic E-state index is 15.0. The molecular formula is C27H26F3N7O. The highest BCUT2D eigenvalue weighted by atomic mass is 19.1. The van der Waals surface area contributed by atoms with Gasteiger partial charge in [0, 0.05) is 41.7 Å². The Morgan fingerprint density at radius 2 is 1.87 bits per heavy atom. The number of pyridine rings is 1. The summed E-state index contributed by atoms with van der Waals surface area (Å²) in [6.07, 6.45) is 4.04. The van der Waals surface area contributed by atoms with Gasteiger partial charge in [0.15, 0.2) is 5.82 Å². The first-order valence-corrected chi connectivity index (χ1v) is 12.2. The molecule has 1 aliphatic carbocycles. The molecule has 3 atom stereocenters. The fourth-order valence-electron chi connectivity index (χ4n) is 5.18. The molecule has 11 heteroatoms. The molecule has 6 rings (SSSR count). The van der Waals surface area contributed by atoms with E-state index in [9.17, 15) is 13.6 Å². The van der Waals surface area contributed by atoms with Crippen molar-refractivity contribution in [2.24, 2.45) is 23.5 Å². The SMILES string of the molecule is Fc1cccc(F)c1.N=C(c1ccc2c(=O)[nH]ccc2c1F)c1ncc(N2CCC3C(CN)C3C2)nc1N. The van der Waals surface area contributed by atoms with Gasteiger partial charge in [-0.2, -0.15) is 0 Å². The Morgan fingerprint density at radius 3 is 2.53 bits per heavy atom. The van der Waals surface area contributed by atoms with E-state index in [-0.39, 0.29) is 39.1 Å². The third kappa shape index (κ3) is 4.84. The lowest BCUT2D eigenvalue weighted by Crippen LogP contribution is -2.32. The van der Waals surface area contributed by atoms with E-state index < -0.39 is 17.5 Å². The topological polar surface area (TPSA) is 138 Å². The van der Waals surface area contributed by atoms with Crippen molar-refractivity contribution in [2.45, 2.75) is 6.42 Å². The molecule has 38 heavy (non-hydrogen) atoms. The number of rotatable bonds is 4. The number of nitrogen functional groups attached to an aromatic ring is 1. The number of hydrogen-bond acceptors (Lipinski definition) is 7. The van der Waals surface area contributed by atoms with Crippen molar-refractivity contribution in [3.8, 4) is 0 Å². The summed E-state index contributed by atoms with van der Waals surface area (Å²) in [5.74, 6) is 0.919. The highest BCUT2D eigenvalue weighted by Crippen LogP contribution is 2.51. The van der Waals surface area contributed by atoms with Crippen LogP contribution in [-0.4, -0.2) is 40.3 Å². The molecule has 0 amide bonds. The molecule has 3 heterocycles. The van der Waals surface area contributed by atoms with Crippen LogP contribution >= 0.6 is 0 Å². The van der Waals surface area contributed by atoms with Crippen LogP contribution in [0.2, 0.25) is 0 Å². The summed E-state index contributed by atoms with van der Waals surface area (Å²) in [5.41, 5.74) is 11.5. The summed E-state index contributed by atoms with van der Waals surface area (Å²) in [7, 11) is 0. The number of aromatic nitrogens is 3. The molecule has 8 nitrogen and oxygen atoms in total. The number of nitrogens with two attached hydrogens (primary N) is 2. The van der Waals surface area contributed by atoms with Gasteiger partial charge in [-0.15, -0.1) is 0 Å². The molecule has 2 aliphatic rings. The van der Waals surface area contributed by atoms with E-state index in [1.54, 1.807) is 6.20 Å². The molecule has 2 fully saturated rings. The van der Waals surface area contributed by atoms with Gasteiger partial charge in [0.25, 0.3) is 5.56 Å². The second-order valence-electron chi connectivity index (χ2n) is 9.43. The number of piperidine rings is 1. The summed E-state index contributed by atoms with van der Waals surface area (Å²) >= 11 is 0. The number of H-pyrrole nitrogens is 1. The highest BCUT2D eigenvalue weighted by Gasteiger charge is 2.51. The van der Waals surface area contributed by atoms with E-state index in [1.165, 1.54) is 42.6 Å². The van der Waals surface area contributed by atoms with Gasteiger partial charge in [-0.3, -0.25) is 10.2 Å². The normalized spacial score (nSPS) is 19.9. The number of hydrogen-bond donors (Lipinski definition) is 4. The Labute approximate surface area is 216 Å². The molecule has 2 aromatic carbocycles. The number of halogens is 3. The smallest absolute Gasteiger partial charge is 0.255 e. The van der Waals surface area contributed by atoms with Gasteiger partial charge in [0.05, 0.1) is 11.9 Å². The minimum absolute atomic E-state index is 0.0198. The van der Waals surface area contributed by atoms with Crippen LogP contribution in [0.25, 0.3) is 10.8 Å².